The largest absolute Gasteiger partial charge is 0.415 e. The number of carbonyl (C=O) groups is 1. The molecule has 3 nitrogen and oxygen atoms in total. The highest BCUT2D eigenvalue weighted by Crippen LogP contribution is 2.29. The number of amides is 1. The molecule has 1 aliphatic heterocycles. The van der Waals surface area contributed by atoms with Crippen LogP contribution in [-0.2, 0) is 9.22 Å². The maximum absolute atomic E-state index is 11.2. The van der Waals surface area contributed by atoms with Crippen molar-refractivity contribution in [1.82, 2.24) is 5.32 Å². The average Bonchev–Trinajstić information content (AvgIpc) is 2.45. The van der Waals surface area contributed by atoms with Crippen LogP contribution in [0.2, 0.25) is 13.1 Å². The van der Waals surface area contributed by atoms with Gasteiger partial charge in [0.25, 0.3) is 0 Å². The van der Waals surface area contributed by atoms with Crippen LogP contribution in [-0.4, -0.2) is 27.1 Å². The molecule has 1 heterocycles. The normalized spacial score (nSPS) is 24.4. The Kier molecular flexibility index (Phi) is 3.95. The van der Waals surface area contributed by atoms with Gasteiger partial charge in [0.15, 0.2) is 9.04 Å². The van der Waals surface area contributed by atoms with E-state index < -0.39 is 9.04 Å². The summed E-state index contributed by atoms with van der Waals surface area (Å²) in [7, 11) is -1.06. The molecule has 88 valence electrons. The van der Waals surface area contributed by atoms with Crippen LogP contribution in [0.15, 0.2) is 0 Å². The van der Waals surface area contributed by atoms with Crippen molar-refractivity contribution >= 4 is 14.9 Å². The first kappa shape index (κ1) is 12.7. The van der Waals surface area contributed by atoms with Crippen molar-refractivity contribution in [3.8, 4) is 0 Å². The zero-order valence-electron chi connectivity index (χ0n) is 10.5. The molecule has 0 spiro atoms. The molecule has 1 fully saturated rings. The molecule has 1 aliphatic rings. The Hall–Kier alpha value is -0.353. The van der Waals surface area contributed by atoms with Gasteiger partial charge in [0.2, 0.25) is 5.91 Å². The van der Waals surface area contributed by atoms with Crippen molar-refractivity contribution in [2.24, 2.45) is 5.41 Å². The number of nitrogens with one attached hydrogen (secondary N) is 1. The first-order valence-electron chi connectivity index (χ1n) is 5.75. The Labute approximate surface area is 94.3 Å². The second-order valence-corrected chi connectivity index (χ2v) is 8.05. The van der Waals surface area contributed by atoms with Gasteiger partial charge in [-0.2, -0.15) is 0 Å². The Morgan fingerprint density at radius 3 is 2.40 bits per heavy atom. The summed E-state index contributed by atoms with van der Waals surface area (Å²) in [5.74, 6) is 0.170. The summed E-state index contributed by atoms with van der Waals surface area (Å²) in [4.78, 5) is 11.2. The number of rotatable bonds is 3. The van der Waals surface area contributed by atoms with Gasteiger partial charge in [-0.3, -0.25) is 4.79 Å². The van der Waals surface area contributed by atoms with E-state index in [1.807, 2.05) is 0 Å². The first-order chi connectivity index (χ1) is 6.80. The monoisotopic (exact) mass is 229 g/mol. The van der Waals surface area contributed by atoms with Crippen molar-refractivity contribution in [3.63, 3.8) is 0 Å². The van der Waals surface area contributed by atoms with Crippen molar-refractivity contribution in [2.45, 2.75) is 58.9 Å². The van der Waals surface area contributed by atoms with E-state index in [1.54, 1.807) is 0 Å². The molecule has 1 unspecified atom stereocenters. The summed E-state index contributed by atoms with van der Waals surface area (Å²) in [6.07, 6.45) is 1.73. The van der Waals surface area contributed by atoms with Crippen LogP contribution in [0.5, 0.6) is 0 Å². The third-order valence-electron chi connectivity index (χ3n) is 2.67. The van der Waals surface area contributed by atoms with Gasteiger partial charge in [-0.1, -0.05) is 20.8 Å². The zero-order valence-corrected chi connectivity index (χ0v) is 11.6. The van der Waals surface area contributed by atoms with Crippen LogP contribution in [0, 0.1) is 5.41 Å². The van der Waals surface area contributed by atoms with Gasteiger partial charge in [-0.25, -0.2) is 0 Å². The number of carbonyl (C=O) groups excluding carboxylic acids is 1. The summed E-state index contributed by atoms with van der Waals surface area (Å²) in [5, 5.41) is 3.02. The lowest BCUT2D eigenvalue weighted by Gasteiger charge is -2.36. The average molecular weight is 229 g/mol. The first-order valence-corrected chi connectivity index (χ1v) is 8.53. The molecule has 2 atom stereocenters. The Morgan fingerprint density at radius 2 is 2.07 bits per heavy atom. The maximum Gasteiger partial charge on any atom is 0.220 e. The zero-order chi connectivity index (χ0) is 11.6. The van der Waals surface area contributed by atoms with Crippen LogP contribution in [0.4, 0.5) is 0 Å². The summed E-state index contributed by atoms with van der Waals surface area (Å²) in [5.41, 5.74) is 0.0968. The van der Waals surface area contributed by atoms with Gasteiger partial charge >= 0.3 is 0 Å². The molecule has 1 saturated heterocycles. The molecule has 0 saturated carbocycles. The van der Waals surface area contributed by atoms with Gasteiger partial charge < -0.3 is 9.74 Å². The van der Waals surface area contributed by atoms with E-state index in [4.69, 9.17) is 4.43 Å². The molecular formula is C11H23NO2Si. The minimum absolute atomic E-state index is 0.0968. The van der Waals surface area contributed by atoms with Crippen LogP contribution in [0.25, 0.3) is 0 Å². The van der Waals surface area contributed by atoms with Crippen molar-refractivity contribution in [1.29, 1.82) is 0 Å². The lowest BCUT2D eigenvalue weighted by molar-refractivity contribution is -0.119. The number of hydrogen-bond acceptors (Lipinski definition) is 2. The van der Waals surface area contributed by atoms with Gasteiger partial charge in [-0.05, 0) is 24.9 Å². The second kappa shape index (κ2) is 4.66. The molecule has 1 rings (SSSR count). The van der Waals surface area contributed by atoms with Gasteiger partial charge in [0.05, 0.1) is 12.1 Å². The van der Waals surface area contributed by atoms with Gasteiger partial charge in [0.1, 0.15) is 0 Å². The minimum Gasteiger partial charge on any atom is -0.415 e. The lowest BCUT2D eigenvalue weighted by Crippen LogP contribution is -2.47. The van der Waals surface area contributed by atoms with Crippen LogP contribution in [0.1, 0.15) is 33.6 Å². The molecule has 4 heteroatoms. The highest BCUT2D eigenvalue weighted by Gasteiger charge is 2.37. The van der Waals surface area contributed by atoms with Crippen LogP contribution < -0.4 is 5.32 Å². The fourth-order valence-electron chi connectivity index (χ4n) is 2.06. The molecule has 0 aliphatic carbocycles. The Balaban J connectivity index is 2.68. The summed E-state index contributed by atoms with van der Waals surface area (Å²) in [6, 6.07) is 0.215. The molecular weight excluding hydrogens is 206 g/mol. The summed E-state index contributed by atoms with van der Waals surface area (Å²) < 4.78 is 6.07. The summed E-state index contributed by atoms with van der Waals surface area (Å²) >= 11 is 0. The second-order valence-electron chi connectivity index (χ2n) is 5.68. The predicted octanol–water partition coefficient (Wildman–Crippen LogP) is 1.68. The fourth-order valence-corrected chi connectivity index (χ4v) is 3.24. The smallest absolute Gasteiger partial charge is 0.220 e. The van der Waals surface area contributed by atoms with E-state index in [0.717, 1.165) is 6.42 Å². The molecule has 0 bridgehead atoms. The highest BCUT2D eigenvalue weighted by molar-refractivity contribution is 6.48. The van der Waals surface area contributed by atoms with Gasteiger partial charge in [-0.15, -0.1) is 0 Å². The topological polar surface area (TPSA) is 38.3 Å². The lowest BCUT2D eigenvalue weighted by atomic mass is 9.84. The predicted molar refractivity (Wildman–Crippen MR) is 64.4 cm³/mol. The van der Waals surface area contributed by atoms with Crippen LogP contribution in [0.3, 0.4) is 0 Å². The molecule has 0 aromatic rings. The third kappa shape index (κ3) is 3.61. The van der Waals surface area contributed by atoms with E-state index in [9.17, 15) is 4.79 Å². The Bertz CT molecular complexity index is 235. The van der Waals surface area contributed by atoms with E-state index in [1.165, 1.54) is 0 Å². The quantitative estimate of drug-likeness (QED) is 0.748. The molecule has 0 radical (unpaired) electrons. The van der Waals surface area contributed by atoms with E-state index in [-0.39, 0.29) is 23.5 Å². The van der Waals surface area contributed by atoms with Crippen molar-refractivity contribution < 1.29 is 9.22 Å². The molecule has 15 heavy (non-hydrogen) atoms. The van der Waals surface area contributed by atoms with Crippen LogP contribution >= 0.6 is 0 Å². The van der Waals surface area contributed by atoms with Gasteiger partial charge in [0, 0.05) is 6.42 Å². The number of hydrogen-bond donors (Lipinski definition) is 1. The van der Waals surface area contributed by atoms with E-state index >= 15 is 0 Å². The van der Waals surface area contributed by atoms with Crippen molar-refractivity contribution in [3.05, 3.63) is 0 Å². The SMILES string of the molecule is C[SiH](C)OC([C@@H]1CCC(=O)N1)C(C)(C)C. The maximum atomic E-state index is 11.2. The third-order valence-corrected chi connectivity index (χ3v) is 3.50. The van der Waals surface area contributed by atoms with Crippen molar-refractivity contribution in [2.75, 3.05) is 0 Å². The Morgan fingerprint density at radius 1 is 1.47 bits per heavy atom. The van der Waals surface area contributed by atoms with E-state index in [2.05, 4.69) is 39.2 Å². The minimum atomic E-state index is -1.06. The van der Waals surface area contributed by atoms with E-state index in [0.29, 0.717) is 6.42 Å². The molecule has 1 amide bonds. The molecule has 0 aromatic heterocycles. The fraction of sp³-hybridized carbons (Fsp3) is 0.909. The molecule has 0 aromatic carbocycles. The standard InChI is InChI=1S/C11H23NO2Si/c1-11(2,3)10(14-15(4)5)8-6-7-9(13)12-8/h8,10,15H,6-7H2,1-5H3,(H,12,13)/t8-,10?/m0/s1. The molecule has 1 N–H and O–H groups in total. The summed E-state index contributed by atoms with van der Waals surface area (Å²) in [6.45, 7) is 10.9. The highest BCUT2D eigenvalue weighted by atomic mass is 28.3.